The van der Waals surface area contributed by atoms with Gasteiger partial charge < -0.3 is 15.2 Å². The average molecular weight is 348 g/mol. The lowest BCUT2D eigenvalue weighted by molar-refractivity contribution is -0.143. The number of benzene rings is 2. The molecule has 1 atom stereocenters. The number of halogens is 1. The molecule has 2 rings (SSSR count). The number of nitrogens with two attached hydrogens (primary N) is 1. The van der Waals surface area contributed by atoms with Gasteiger partial charge in [-0.3, -0.25) is 0 Å². The molecule has 0 aliphatic heterocycles. The fraction of sp³-hybridized carbons (Fsp3) is 0.167. The molecule has 0 saturated carbocycles. The molecule has 0 aliphatic rings. The summed E-state index contributed by atoms with van der Waals surface area (Å²) in [6.45, 7) is 1.87. The first-order valence-electron chi connectivity index (χ1n) is 7.16. The Morgan fingerprint density at radius 1 is 1.08 bits per heavy atom. The summed E-state index contributed by atoms with van der Waals surface area (Å²) in [6.07, 6.45) is 0. The zero-order valence-corrected chi connectivity index (χ0v) is 13.9. The monoisotopic (exact) mass is 347 g/mol. The smallest absolute Gasteiger partial charge is 0.328 e. The van der Waals surface area contributed by atoms with Crippen LogP contribution < -0.4 is 10.5 Å². The fourth-order valence-electron chi connectivity index (χ4n) is 1.98. The molecule has 2 aromatic carbocycles. The van der Waals surface area contributed by atoms with Crippen molar-refractivity contribution in [2.75, 3.05) is 6.61 Å². The molecule has 0 spiro atoms. The normalized spacial score (nSPS) is 10.8. The van der Waals surface area contributed by atoms with E-state index < -0.39 is 12.0 Å². The van der Waals surface area contributed by atoms with E-state index in [-0.39, 0.29) is 24.6 Å². The summed E-state index contributed by atoms with van der Waals surface area (Å²) in [5, 5.41) is 0. The number of esters is 1. The van der Waals surface area contributed by atoms with Crippen molar-refractivity contribution in [1.29, 1.82) is 0 Å². The molecule has 0 aliphatic carbocycles. The summed E-state index contributed by atoms with van der Waals surface area (Å²) in [6, 6.07) is 14.8. The second kappa shape index (κ2) is 9.53. The third-order valence-corrected chi connectivity index (χ3v) is 3.11. The number of hydrogen-bond donors (Lipinski definition) is 1. The Morgan fingerprint density at radius 3 is 2.21 bits per heavy atom. The number of hydrogen-bond acceptors (Lipinski definition) is 5. The van der Waals surface area contributed by atoms with Crippen molar-refractivity contribution in [3.63, 3.8) is 0 Å². The van der Waals surface area contributed by atoms with E-state index in [2.05, 4.69) is 0 Å². The van der Waals surface area contributed by atoms with Crippen LogP contribution in [-0.4, -0.2) is 24.6 Å². The molecule has 2 N–H and O–H groups in total. The molecule has 0 amide bonds. The number of para-hydroxylation sites is 1. The van der Waals surface area contributed by atoms with Gasteiger partial charge in [-0.2, -0.15) is 0 Å². The van der Waals surface area contributed by atoms with Crippen molar-refractivity contribution in [2.24, 2.45) is 5.73 Å². The van der Waals surface area contributed by atoms with Gasteiger partial charge in [0, 0.05) is 0 Å². The molecule has 0 heterocycles. The van der Waals surface area contributed by atoms with Crippen LogP contribution in [0.5, 0.6) is 11.5 Å². The zero-order chi connectivity index (χ0) is 16.7. The standard InChI is InChI=1S/C18H17NO4.ClH/c1-2-22-18(21)17(19)16(12-20)13-8-10-15(11-9-13)23-14-6-4-3-5-7-14;/h3-11,17H,2,19H2,1H3;1H. The second-order valence-corrected chi connectivity index (χ2v) is 4.68. The largest absolute Gasteiger partial charge is 0.465 e. The zero-order valence-electron chi connectivity index (χ0n) is 13.1. The van der Waals surface area contributed by atoms with Gasteiger partial charge in [-0.15, -0.1) is 12.4 Å². The molecule has 5 nitrogen and oxygen atoms in total. The topological polar surface area (TPSA) is 78.6 Å². The summed E-state index contributed by atoms with van der Waals surface area (Å²) in [5.41, 5.74) is 6.30. The van der Waals surface area contributed by atoms with Gasteiger partial charge in [-0.1, -0.05) is 30.3 Å². The quantitative estimate of drug-likeness (QED) is 0.642. The van der Waals surface area contributed by atoms with Crippen LogP contribution in [-0.2, 0) is 14.3 Å². The number of ether oxygens (including phenoxy) is 2. The van der Waals surface area contributed by atoms with Gasteiger partial charge in [0.15, 0.2) is 0 Å². The number of carbonyl (C=O) groups is 1. The van der Waals surface area contributed by atoms with Crippen LogP contribution in [0.4, 0.5) is 0 Å². The van der Waals surface area contributed by atoms with Crippen LogP contribution in [0.25, 0.3) is 5.57 Å². The molecule has 0 fully saturated rings. The molecule has 1 unspecified atom stereocenters. The van der Waals surface area contributed by atoms with Gasteiger partial charge in [-0.05, 0) is 36.8 Å². The van der Waals surface area contributed by atoms with Crippen molar-refractivity contribution in [3.8, 4) is 11.5 Å². The molecular formula is C18H18ClNO4. The van der Waals surface area contributed by atoms with E-state index in [1.807, 2.05) is 30.3 Å². The fourth-order valence-corrected chi connectivity index (χ4v) is 1.98. The minimum Gasteiger partial charge on any atom is -0.465 e. The third-order valence-electron chi connectivity index (χ3n) is 3.11. The first-order chi connectivity index (χ1) is 11.2. The lowest BCUT2D eigenvalue weighted by atomic mass is 10.0. The SMILES string of the molecule is CCOC(=O)C(N)C(=C=O)c1ccc(Oc2ccccc2)cc1.Cl. The Morgan fingerprint density at radius 2 is 1.67 bits per heavy atom. The van der Waals surface area contributed by atoms with Gasteiger partial charge in [0.1, 0.15) is 23.5 Å². The van der Waals surface area contributed by atoms with E-state index in [1.54, 1.807) is 37.1 Å². The molecule has 2 aromatic rings. The second-order valence-electron chi connectivity index (χ2n) is 4.68. The summed E-state index contributed by atoms with van der Waals surface area (Å²) < 4.78 is 10.5. The Balaban J connectivity index is 0.00000288. The van der Waals surface area contributed by atoms with E-state index in [9.17, 15) is 9.59 Å². The van der Waals surface area contributed by atoms with Crippen LogP contribution in [0, 0.1) is 0 Å². The highest BCUT2D eigenvalue weighted by atomic mass is 35.5. The average Bonchev–Trinajstić information content (AvgIpc) is 2.58. The lowest BCUT2D eigenvalue weighted by Crippen LogP contribution is -2.33. The molecular weight excluding hydrogens is 330 g/mol. The van der Waals surface area contributed by atoms with E-state index in [1.165, 1.54) is 0 Å². The Labute approximate surface area is 146 Å². The van der Waals surface area contributed by atoms with Gasteiger partial charge in [0.05, 0.1) is 12.2 Å². The van der Waals surface area contributed by atoms with E-state index in [4.69, 9.17) is 15.2 Å². The van der Waals surface area contributed by atoms with E-state index in [0.29, 0.717) is 17.1 Å². The molecule has 0 bridgehead atoms. The highest BCUT2D eigenvalue weighted by Crippen LogP contribution is 2.24. The van der Waals surface area contributed by atoms with E-state index in [0.717, 1.165) is 0 Å². The molecule has 0 saturated heterocycles. The maximum atomic E-state index is 11.7. The minimum absolute atomic E-state index is 0. The van der Waals surface area contributed by atoms with Crippen LogP contribution in [0.15, 0.2) is 54.6 Å². The Kier molecular flexibility index (Phi) is 7.72. The van der Waals surface area contributed by atoms with Gasteiger partial charge in [0.25, 0.3) is 0 Å². The third kappa shape index (κ3) is 4.96. The van der Waals surface area contributed by atoms with Crippen LogP contribution in [0.1, 0.15) is 12.5 Å². The molecule has 24 heavy (non-hydrogen) atoms. The first-order valence-corrected chi connectivity index (χ1v) is 7.16. The van der Waals surface area contributed by atoms with Gasteiger partial charge in [-0.25, -0.2) is 9.59 Å². The molecule has 0 radical (unpaired) electrons. The Hall–Kier alpha value is -2.59. The van der Waals surface area contributed by atoms with Crippen molar-refractivity contribution >= 4 is 29.9 Å². The van der Waals surface area contributed by atoms with Crippen molar-refractivity contribution in [2.45, 2.75) is 13.0 Å². The van der Waals surface area contributed by atoms with Gasteiger partial charge in [0.2, 0.25) is 0 Å². The highest BCUT2D eigenvalue weighted by molar-refractivity contribution is 6.01. The van der Waals surface area contributed by atoms with Crippen LogP contribution >= 0.6 is 12.4 Å². The van der Waals surface area contributed by atoms with Crippen molar-refractivity contribution in [3.05, 3.63) is 60.2 Å². The summed E-state index contributed by atoms with van der Waals surface area (Å²) in [4.78, 5) is 22.8. The van der Waals surface area contributed by atoms with Crippen LogP contribution in [0.2, 0.25) is 0 Å². The maximum Gasteiger partial charge on any atom is 0.328 e. The predicted molar refractivity (Wildman–Crippen MR) is 93.9 cm³/mol. The maximum absolute atomic E-state index is 11.7. The van der Waals surface area contributed by atoms with E-state index >= 15 is 0 Å². The highest BCUT2D eigenvalue weighted by Gasteiger charge is 2.22. The van der Waals surface area contributed by atoms with Crippen molar-refractivity contribution in [1.82, 2.24) is 0 Å². The number of carbonyl (C=O) groups excluding carboxylic acids is 2. The summed E-state index contributed by atoms with van der Waals surface area (Å²) >= 11 is 0. The first kappa shape index (κ1) is 19.5. The molecule has 126 valence electrons. The predicted octanol–water partition coefficient (Wildman–Crippen LogP) is 3.01. The lowest BCUT2D eigenvalue weighted by Gasteiger charge is -2.12. The van der Waals surface area contributed by atoms with Crippen molar-refractivity contribution < 1.29 is 19.1 Å². The molecule has 6 heteroatoms. The summed E-state index contributed by atoms with van der Waals surface area (Å²) in [5.74, 6) is 2.38. The molecule has 0 aromatic heterocycles. The Bertz CT molecular complexity index is 710. The minimum atomic E-state index is -1.16. The summed E-state index contributed by atoms with van der Waals surface area (Å²) in [7, 11) is 0. The van der Waals surface area contributed by atoms with Gasteiger partial charge >= 0.3 is 5.97 Å². The van der Waals surface area contributed by atoms with Crippen LogP contribution in [0.3, 0.4) is 0 Å². The number of rotatable bonds is 6.